The van der Waals surface area contributed by atoms with E-state index in [1.165, 1.54) is 30.2 Å². The molecule has 172 valence electrons. The fourth-order valence-corrected chi connectivity index (χ4v) is 5.45. The zero-order valence-electron chi connectivity index (χ0n) is 18.3. The highest BCUT2D eigenvalue weighted by Crippen LogP contribution is 2.43. The van der Waals surface area contributed by atoms with Gasteiger partial charge in [0.1, 0.15) is 5.82 Å². The molecular formula is C24H29FN2O5. The average Bonchev–Trinajstić information content (AvgIpc) is 3.40. The van der Waals surface area contributed by atoms with Gasteiger partial charge < -0.3 is 9.64 Å². The molecule has 1 aromatic rings. The molecule has 7 nitrogen and oxygen atoms in total. The first-order valence-electron chi connectivity index (χ1n) is 11.3. The fraction of sp³-hybridized carbons (Fsp3) is 0.583. The van der Waals surface area contributed by atoms with Crippen LogP contribution in [0.4, 0.5) is 4.39 Å². The van der Waals surface area contributed by atoms with Crippen LogP contribution in [0.3, 0.4) is 0 Å². The number of ether oxygens (including phenoxy) is 1. The first-order valence-corrected chi connectivity index (χ1v) is 11.3. The number of hydrogen-bond acceptors (Lipinski definition) is 5. The molecule has 8 heteroatoms. The average molecular weight is 445 g/mol. The number of piperidine rings is 1. The van der Waals surface area contributed by atoms with Crippen LogP contribution in [0.15, 0.2) is 24.3 Å². The SMILES string of the molecule is COC(=O)C1CCN(C(=O)CC2(c3cccc(F)c3)CC(=O)N(C3CCCC3)C2=O)CC1. The van der Waals surface area contributed by atoms with Gasteiger partial charge in [0.15, 0.2) is 0 Å². The van der Waals surface area contributed by atoms with Gasteiger partial charge in [-0.3, -0.25) is 24.1 Å². The molecular weight excluding hydrogens is 415 g/mol. The Labute approximate surface area is 186 Å². The molecule has 0 bridgehead atoms. The largest absolute Gasteiger partial charge is 0.469 e. The van der Waals surface area contributed by atoms with Gasteiger partial charge in [0.05, 0.1) is 18.4 Å². The second-order valence-corrected chi connectivity index (χ2v) is 9.13. The number of hydrogen-bond donors (Lipinski definition) is 0. The molecule has 0 aromatic heterocycles. The molecule has 3 aliphatic rings. The summed E-state index contributed by atoms with van der Waals surface area (Å²) in [5.74, 6) is -1.97. The smallest absolute Gasteiger partial charge is 0.308 e. The van der Waals surface area contributed by atoms with E-state index in [1.54, 1.807) is 11.0 Å². The van der Waals surface area contributed by atoms with E-state index in [1.807, 2.05) is 0 Å². The summed E-state index contributed by atoms with van der Waals surface area (Å²) in [6.07, 6.45) is 4.13. The third kappa shape index (κ3) is 4.02. The van der Waals surface area contributed by atoms with Crippen LogP contribution in [0.1, 0.15) is 56.9 Å². The van der Waals surface area contributed by atoms with Crippen molar-refractivity contribution >= 4 is 23.7 Å². The normalized spacial score (nSPS) is 24.9. The van der Waals surface area contributed by atoms with Crippen molar-refractivity contribution in [2.24, 2.45) is 5.92 Å². The van der Waals surface area contributed by atoms with Crippen molar-refractivity contribution in [3.05, 3.63) is 35.6 Å². The Kier molecular flexibility index (Phi) is 6.31. The highest BCUT2D eigenvalue weighted by Gasteiger charge is 2.56. The third-order valence-electron chi connectivity index (χ3n) is 7.25. The molecule has 1 aromatic carbocycles. The summed E-state index contributed by atoms with van der Waals surface area (Å²) in [4.78, 5) is 54.7. The van der Waals surface area contributed by atoms with Crippen molar-refractivity contribution in [1.29, 1.82) is 0 Å². The van der Waals surface area contributed by atoms with E-state index >= 15 is 0 Å². The van der Waals surface area contributed by atoms with Crippen LogP contribution >= 0.6 is 0 Å². The molecule has 3 fully saturated rings. The molecule has 0 radical (unpaired) electrons. The standard InChI is InChI=1S/C24H29FN2O5/c1-32-22(30)16-9-11-26(12-10-16)20(28)14-24(17-5-4-6-18(25)13-17)15-21(29)27(23(24)31)19-7-2-3-8-19/h4-6,13,16,19H,2-3,7-12,14-15H2,1H3. The van der Waals surface area contributed by atoms with E-state index in [-0.39, 0.29) is 42.6 Å². The zero-order chi connectivity index (χ0) is 22.9. The quantitative estimate of drug-likeness (QED) is 0.515. The van der Waals surface area contributed by atoms with E-state index in [0.717, 1.165) is 25.7 Å². The van der Waals surface area contributed by atoms with Gasteiger partial charge >= 0.3 is 5.97 Å². The summed E-state index contributed by atoms with van der Waals surface area (Å²) in [6.45, 7) is 0.763. The van der Waals surface area contributed by atoms with Gasteiger partial charge in [-0.25, -0.2) is 4.39 Å². The van der Waals surface area contributed by atoms with Crippen LogP contribution in [0.25, 0.3) is 0 Å². The fourth-order valence-electron chi connectivity index (χ4n) is 5.45. The molecule has 1 unspecified atom stereocenters. The number of likely N-dealkylation sites (tertiary alicyclic amines) is 2. The van der Waals surface area contributed by atoms with Crippen molar-refractivity contribution in [3.8, 4) is 0 Å². The number of nitrogens with zero attached hydrogens (tertiary/aromatic N) is 2. The summed E-state index contributed by atoms with van der Waals surface area (Å²) in [5.41, 5.74) is -1.02. The maximum absolute atomic E-state index is 14.1. The Morgan fingerprint density at radius 1 is 1.12 bits per heavy atom. The molecule has 1 atom stereocenters. The van der Waals surface area contributed by atoms with Gasteiger partial charge in [0, 0.05) is 32.0 Å². The van der Waals surface area contributed by atoms with Gasteiger partial charge in [-0.05, 0) is 43.4 Å². The lowest BCUT2D eigenvalue weighted by Gasteiger charge is -2.34. The van der Waals surface area contributed by atoms with E-state index < -0.39 is 17.1 Å². The molecule has 4 rings (SSSR count). The predicted octanol–water partition coefficient (Wildman–Crippen LogP) is 2.57. The summed E-state index contributed by atoms with van der Waals surface area (Å²) in [5, 5.41) is 0. The first kappa shape index (κ1) is 22.4. The molecule has 2 saturated heterocycles. The molecule has 1 saturated carbocycles. The van der Waals surface area contributed by atoms with Crippen LogP contribution < -0.4 is 0 Å². The van der Waals surface area contributed by atoms with E-state index in [4.69, 9.17) is 4.74 Å². The van der Waals surface area contributed by atoms with Crippen LogP contribution in [0, 0.1) is 11.7 Å². The Morgan fingerprint density at radius 2 is 1.81 bits per heavy atom. The Hall–Kier alpha value is -2.77. The topological polar surface area (TPSA) is 84.0 Å². The number of esters is 1. The Morgan fingerprint density at radius 3 is 2.44 bits per heavy atom. The zero-order valence-corrected chi connectivity index (χ0v) is 18.3. The lowest BCUT2D eigenvalue weighted by atomic mass is 9.75. The van der Waals surface area contributed by atoms with Gasteiger partial charge in [-0.1, -0.05) is 25.0 Å². The molecule has 32 heavy (non-hydrogen) atoms. The Balaban J connectivity index is 1.59. The highest BCUT2D eigenvalue weighted by atomic mass is 19.1. The highest BCUT2D eigenvalue weighted by molar-refractivity contribution is 6.11. The lowest BCUT2D eigenvalue weighted by Crippen LogP contribution is -2.47. The van der Waals surface area contributed by atoms with Crippen molar-refractivity contribution in [1.82, 2.24) is 9.80 Å². The van der Waals surface area contributed by atoms with Crippen LogP contribution in [-0.2, 0) is 29.3 Å². The molecule has 0 N–H and O–H groups in total. The summed E-state index contributed by atoms with van der Waals surface area (Å²) >= 11 is 0. The predicted molar refractivity (Wildman–Crippen MR) is 113 cm³/mol. The van der Waals surface area contributed by atoms with Crippen molar-refractivity contribution < 1.29 is 28.3 Å². The van der Waals surface area contributed by atoms with E-state index in [9.17, 15) is 23.6 Å². The van der Waals surface area contributed by atoms with Gasteiger partial charge in [0.25, 0.3) is 0 Å². The third-order valence-corrected chi connectivity index (χ3v) is 7.25. The van der Waals surface area contributed by atoms with Crippen LogP contribution in [-0.4, -0.2) is 59.7 Å². The molecule has 2 aliphatic heterocycles. The van der Waals surface area contributed by atoms with Gasteiger partial charge in [0.2, 0.25) is 17.7 Å². The molecule has 0 spiro atoms. The summed E-state index contributed by atoms with van der Waals surface area (Å²) in [7, 11) is 1.35. The number of halogens is 1. The minimum Gasteiger partial charge on any atom is -0.469 e. The number of carbonyl (C=O) groups is 4. The van der Waals surface area contributed by atoms with Crippen molar-refractivity contribution in [2.75, 3.05) is 20.2 Å². The molecule has 2 heterocycles. The summed E-state index contributed by atoms with van der Waals surface area (Å²) in [6, 6.07) is 5.54. The minimum absolute atomic E-state index is 0.129. The Bertz CT molecular complexity index is 921. The monoisotopic (exact) mass is 444 g/mol. The molecule has 1 aliphatic carbocycles. The van der Waals surface area contributed by atoms with Crippen LogP contribution in [0.5, 0.6) is 0 Å². The maximum atomic E-state index is 14.1. The second kappa shape index (κ2) is 9.00. The van der Waals surface area contributed by atoms with E-state index in [0.29, 0.717) is 31.5 Å². The number of benzene rings is 1. The summed E-state index contributed by atoms with van der Waals surface area (Å²) < 4.78 is 18.9. The number of rotatable bonds is 5. The van der Waals surface area contributed by atoms with Crippen LogP contribution in [0.2, 0.25) is 0 Å². The molecule has 3 amide bonds. The maximum Gasteiger partial charge on any atom is 0.308 e. The van der Waals surface area contributed by atoms with Crippen molar-refractivity contribution in [2.45, 2.75) is 62.8 Å². The number of imide groups is 1. The first-order chi connectivity index (χ1) is 15.4. The number of methoxy groups -OCH3 is 1. The van der Waals surface area contributed by atoms with Gasteiger partial charge in [-0.2, -0.15) is 0 Å². The van der Waals surface area contributed by atoms with Crippen molar-refractivity contribution in [3.63, 3.8) is 0 Å². The lowest BCUT2D eigenvalue weighted by molar-refractivity contribution is -0.149. The number of amides is 3. The van der Waals surface area contributed by atoms with Gasteiger partial charge in [-0.15, -0.1) is 0 Å². The second-order valence-electron chi connectivity index (χ2n) is 9.13. The van der Waals surface area contributed by atoms with E-state index in [2.05, 4.69) is 0 Å². The minimum atomic E-state index is -1.39. The number of carbonyl (C=O) groups excluding carboxylic acids is 4.